The summed E-state index contributed by atoms with van der Waals surface area (Å²) in [6, 6.07) is -1.05. The van der Waals surface area contributed by atoms with Crippen molar-refractivity contribution in [2.45, 2.75) is 26.0 Å². The van der Waals surface area contributed by atoms with Crippen LogP contribution in [0.5, 0.6) is 0 Å². The van der Waals surface area contributed by atoms with Crippen LogP contribution in [0, 0.1) is 5.92 Å². The highest BCUT2D eigenvalue weighted by Crippen LogP contribution is 2.11. The fraction of sp³-hybridized carbons (Fsp3) is 0.500. The number of carboxylic acid groups (broad SMARTS) is 1. The van der Waals surface area contributed by atoms with E-state index in [9.17, 15) is 9.59 Å². The van der Waals surface area contributed by atoms with Gasteiger partial charge in [-0.05, 0) is 5.92 Å². The largest absolute Gasteiger partial charge is 0.480 e. The summed E-state index contributed by atoms with van der Waals surface area (Å²) in [6.45, 7) is 1.77. The predicted molar refractivity (Wildman–Crippen MR) is 61.3 cm³/mol. The molecule has 0 aromatic carbocycles. The fourth-order valence-corrected chi connectivity index (χ4v) is 1.66. The zero-order chi connectivity index (χ0) is 12.8. The summed E-state index contributed by atoms with van der Waals surface area (Å²) in [4.78, 5) is 26.7. The van der Waals surface area contributed by atoms with E-state index in [0.717, 1.165) is 4.88 Å². The molecule has 3 N–H and O–H groups in total. The molecule has 0 saturated carbocycles. The number of nitrogens with zero attached hydrogens (tertiary/aromatic N) is 1. The zero-order valence-corrected chi connectivity index (χ0v) is 10.1. The summed E-state index contributed by atoms with van der Waals surface area (Å²) in [7, 11) is 0. The minimum atomic E-state index is -1.12. The number of aromatic nitrogens is 1. The van der Waals surface area contributed by atoms with E-state index in [4.69, 9.17) is 15.6 Å². The van der Waals surface area contributed by atoms with Gasteiger partial charge in [0.15, 0.2) is 0 Å². The van der Waals surface area contributed by atoms with Crippen LogP contribution in [0.2, 0.25) is 0 Å². The molecule has 0 aliphatic heterocycles. The van der Waals surface area contributed by atoms with Gasteiger partial charge in [0.2, 0.25) is 0 Å². The molecule has 94 valence electrons. The number of ether oxygens (including phenoxy) is 1. The molecule has 0 spiro atoms. The molecule has 0 aliphatic carbocycles. The molecule has 1 aromatic heterocycles. The highest BCUT2D eigenvalue weighted by molar-refractivity contribution is 7.09. The number of thiazole rings is 1. The molecule has 1 rings (SSSR count). The van der Waals surface area contributed by atoms with Crippen molar-refractivity contribution in [3.63, 3.8) is 0 Å². The highest BCUT2D eigenvalue weighted by Gasteiger charge is 2.23. The summed E-state index contributed by atoms with van der Waals surface area (Å²) in [5, 5.41) is 8.66. The number of carbonyl (C=O) groups excluding carboxylic acids is 1. The van der Waals surface area contributed by atoms with Gasteiger partial charge in [-0.2, -0.15) is 0 Å². The lowest BCUT2D eigenvalue weighted by Gasteiger charge is -2.14. The summed E-state index contributed by atoms with van der Waals surface area (Å²) in [5.41, 5.74) is 7.03. The second-order valence-corrected chi connectivity index (χ2v) is 4.64. The van der Waals surface area contributed by atoms with Gasteiger partial charge in [-0.1, -0.05) is 6.92 Å². The van der Waals surface area contributed by atoms with E-state index in [1.807, 2.05) is 0 Å². The number of aliphatic carboxylic acids is 1. The molecule has 0 aliphatic rings. The molecule has 0 fully saturated rings. The Hall–Kier alpha value is -1.47. The van der Waals surface area contributed by atoms with Crippen LogP contribution in [0.1, 0.15) is 18.2 Å². The number of hydrogen-bond donors (Lipinski definition) is 2. The van der Waals surface area contributed by atoms with E-state index in [1.165, 1.54) is 11.3 Å². The van der Waals surface area contributed by atoms with Crippen molar-refractivity contribution in [1.29, 1.82) is 0 Å². The summed E-state index contributed by atoms with van der Waals surface area (Å²) < 4.78 is 4.97. The molecule has 0 saturated heterocycles. The molecule has 17 heavy (non-hydrogen) atoms. The van der Waals surface area contributed by atoms with Crippen molar-refractivity contribution in [2.24, 2.45) is 11.7 Å². The second kappa shape index (κ2) is 6.31. The maximum Gasteiger partial charge on any atom is 0.320 e. The van der Waals surface area contributed by atoms with Gasteiger partial charge in [0, 0.05) is 6.20 Å². The van der Waals surface area contributed by atoms with Crippen molar-refractivity contribution in [2.75, 3.05) is 0 Å². The van der Waals surface area contributed by atoms with Gasteiger partial charge in [-0.15, -0.1) is 11.3 Å². The van der Waals surface area contributed by atoms with Crippen LogP contribution in [0.4, 0.5) is 0 Å². The number of carboxylic acids is 1. The van der Waals surface area contributed by atoms with Gasteiger partial charge in [0.25, 0.3) is 0 Å². The molecule has 2 atom stereocenters. The first-order chi connectivity index (χ1) is 8.00. The highest BCUT2D eigenvalue weighted by atomic mass is 32.1. The molecule has 1 unspecified atom stereocenters. The monoisotopic (exact) mass is 258 g/mol. The first kappa shape index (κ1) is 13.6. The molecule has 1 heterocycles. The number of hydrogen-bond acceptors (Lipinski definition) is 6. The molecular formula is C10H14N2O4S. The Kier molecular flexibility index (Phi) is 5.05. The maximum atomic E-state index is 11.4. The Morgan fingerprint density at radius 3 is 2.88 bits per heavy atom. The number of carbonyl (C=O) groups is 2. The van der Waals surface area contributed by atoms with E-state index < -0.39 is 23.9 Å². The number of esters is 1. The van der Waals surface area contributed by atoms with Crippen molar-refractivity contribution < 1.29 is 19.4 Å². The van der Waals surface area contributed by atoms with E-state index in [0.29, 0.717) is 0 Å². The van der Waals surface area contributed by atoms with Crippen molar-refractivity contribution >= 4 is 23.3 Å². The molecule has 7 heteroatoms. The summed E-state index contributed by atoms with van der Waals surface area (Å²) in [5.74, 6) is -2.03. The Balaban J connectivity index is 2.32. The standard InChI is InChI=1S/C10H14N2O4S/c1-6(9(11)10(14)15)2-8(13)16-4-7-3-12-5-17-7/h3,5-6,9H,2,4,11H2,1H3,(H,14,15)/t6?,9-/m0/s1. The molecule has 1 aromatic rings. The van der Waals surface area contributed by atoms with Gasteiger partial charge < -0.3 is 15.6 Å². The third kappa shape index (κ3) is 4.49. The lowest BCUT2D eigenvalue weighted by molar-refractivity contribution is -0.147. The van der Waals surface area contributed by atoms with Gasteiger partial charge in [0.05, 0.1) is 16.8 Å². The van der Waals surface area contributed by atoms with Gasteiger partial charge in [-0.25, -0.2) is 0 Å². The van der Waals surface area contributed by atoms with Crippen LogP contribution in [0.15, 0.2) is 11.7 Å². The molecule has 0 amide bonds. The third-order valence-corrected chi connectivity index (χ3v) is 3.00. The maximum absolute atomic E-state index is 11.4. The van der Waals surface area contributed by atoms with Gasteiger partial charge in [0.1, 0.15) is 12.6 Å². The quantitative estimate of drug-likeness (QED) is 0.725. The van der Waals surface area contributed by atoms with Crippen LogP contribution >= 0.6 is 11.3 Å². The third-order valence-electron chi connectivity index (χ3n) is 2.25. The molecular weight excluding hydrogens is 244 g/mol. The number of nitrogens with two attached hydrogens (primary N) is 1. The minimum absolute atomic E-state index is 0.00767. The Morgan fingerprint density at radius 1 is 1.65 bits per heavy atom. The summed E-state index contributed by atoms with van der Waals surface area (Å²) in [6.07, 6.45) is 1.61. The van der Waals surface area contributed by atoms with Gasteiger partial charge >= 0.3 is 11.9 Å². The topological polar surface area (TPSA) is 103 Å². The first-order valence-electron chi connectivity index (χ1n) is 5.02. The van der Waals surface area contributed by atoms with Crippen LogP contribution in [-0.2, 0) is 20.9 Å². The van der Waals surface area contributed by atoms with E-state index in [2.05, 4.69) is 4.98 Å². The van der Waals surface area contributed by atoms with E-state index >= 15 is 0 Å². The molecule has 0 radical (unpaired) electrons. The predicted octanol–water partition coefficient (Wildman–Crippen LogP) is 0.624. The normalized spacial score (nSPS) is 14.0. The van der Waals surface area contributed by atoms with Crippen molar-refractivity contribution in [3.05, 3.63) is 16.6 Å². The summed E-state index contributed by atoms with van der Waals surface area (Å²) >= 11 is 1.39. The lowest BCUT2D eigenvalue weighted by Crippen LogP contribution is -2.37. The average Bonchev–Trinajstić information content (AvgIpc) is 2.77. The second-order valence-electron chi connectivity index (χ2n) is 3.67. The fourth-order valence-electron chi connectivity index (χ4n) is 1.16. The van der Waals surface area contributed by atoms with Crippen LogP contribution in [-0.4, -0.2) is 28.1 Å². The van der Waals surface area contributed by atoms with Gasteiger partial charge in [-0.3, -0.25) is 14.6 Å². The van der Waals surface area contributed by atoms with E-state index in [-0.39, 0.29) is 13.0 Å². The van der Waals surface area contributed by atoms with Crippen LogP contribution in [0.25, 0.3) is 0 Å². The zero-order valence-electron chi connectivity index (χ0n) is 9.33. The smallest absolute Gasteiger partial charge is 0.320 e. The molecule has 0 bridgehead atoms. The van der Waals surface area contributed by atoms with E-state index in [1.54, 1.807) is 18.6 Å². The van der Waals surface area contributed by atoms with Crippen molar-refractivity contribution in [1.82, 2.24) is 4.98 Å². The molecule has 6 nitrogen and oxygen atoms in total. The first-order valence-corrected chi connectivity index (χ1v) is 5.90. The Labute approximate surface area is 102 Å². The Bertz CT molecular complexity index is 380. The minimum Gasteiger partial charge on any atom is -0.480 e. The lowest BCUT2D eigenvalue weighted by atomic mass is 9.99. The van der Waals surface area contributed by atoms with Crippen LogP contribution in [0.3, 0.4) is 0 Å². The van der Waals surface area contributed by atoms with Crippen molar-refractivity contribution in [3.8, 4) is 0 Å². The average molecular weight is 258 g/mol. The number of rotatable bonds is 6. The van der Waals surface area contributed by atoms with Crippen LogP contribution < -0.4 is 5.73 Å². The Morgan fingerprint density at radius 2 is 2.35 bits per heavy atom. The SMILES string of the molecule is CC(CC(=O)OCc1cncs1)[C@H](N)C(=O)O.